The molecule has 0 saturated heterocycles. The van der Waals surface area contributed by atoms with Crippen LogP contribution < -0.4 is 5.32 Å². The number of carbonyl (C=O) groups is 1. The molecule has 1 unspecified atom stereocenters. The fourth-order valence-electron chi connectivity index (χ4n) is 4.73. The maximum Gasteiger partial charge on any atom is 0.227 e. The highest BCUT2D eigenvalue weighted by atomic mass is 32.2. The van der Waals surface area contributed by atoms with Crippen LogP contribution in [0.5, 0.6) is 0 Å². The highest BCUT2D eigenvalue weighted by molar-refractivity contribution is 7.99. The van der Waals surface area contributed by atoms with E-state index in [-0.39, 0.29) is 17.1 Å². The zero-order chi connectivity index (χ0) is 22.9. The van der Waals surface area contributed by atoms with Crippen molar-refractivity contribution in [1.29, 1.82) is 0 Å². The van der Waals surface area contributed by atoms with Crippen LogP contribution in [0.1, 0.15) is 47.2 Å². The smallest absolute Gasteiger partial charge is 0.227 e. The minimum Gasteiger partial charge on any atom is -0.328 e. The number of nitrogens with one attached hydrogen (secondary N) is 1. The monoisotopic (exact) mass is 465 g/mol. The molecule has 0 spiro atoms. The SMILES string of the molecule is O=C1CCCC2=C1C(c1ccncc1)n1nc(SC(c3ccccc3)c3ccccc3)nc1N2. The van der Waals surface area contributed by atoms with Gasteiger partial charge >= 0.3 is 0 Å². The number of allylic oxidation sites excluding steroid dienone is 2. The van der Waals surface area contributed by atoms with E-state index in [1.807, 2.05) is 28.9 Å². The van der Waals surface area contributed by atoms with Gasteiger partial charge in [-0.15, -0.1) is 5.10 Å². The van der Waals surface area contributed by atoms with E-state index >= 15 is 0 Å². The van der Waals surface area contributed by atoms with Crippen molar-refractivity contribution in [2.24, 2.45) is 0 Å². The van der Waals surface area contributed by atoms with E-state index in [4.69, 9.17) is 10.1 Å². The summed E-state index contributed by atoms with van der Waals surface area (Å²) < 4.78 is 1.87. The van der Waals surface area contributed by atoms with Crippen LogP contribution in [0.15, 0.2) is 102 Å². The van der Waals surface area contributed by atoms with Crippen LogP contribution in [0.4, 0.5) is 5.95 Å². The quantitative estimate of drug-likeness (QED) is 0.388. The second-order valence-corrected chi connectivity index (χ2v) is 9.53. The molecule has 6 rings (SSSR count). The predicted octanol–water partition coefficient (Wildman–Crippen LogP) is 5.58. The molecular formula is C27H23N5OS. The molecule has 7 heteroatoms. The minimum atomic E-state index is -0.296. The van der Waals surface area contributed by atoms with Gasteiger partial charge in [0, 0.05) is 30.1 Å². The normalized spacial score (nSPS) is 17.3. The van der Waals surface area contributed by atoms with Crippen molar-refractivity contribution in [1.82, 2.24) is 19.7 Å². The van der Waals surface area contributed by atoms with Crippen LogP contribution in [0.2, 0.25) is 0 Å². The molecule has 2 aromatic carbocycles. The zero-order valence-corrected chi connectivity index (χ0v) is 19.3. The summed E-state index contributed by atoms with van der Waals surface area (Å²) in [6, 6.07) is 24.4. The summed E-state index contributed by atoms with van der Waals surface area (Å²) in [6.07, 6.45) is 5.79. The fraction of sp³-hybridized carbons (Fsp3) is 0.185. The Labute approximate surface area is 202 Å². The first kappa shape index (κ1) is 20.9. The van der Waals surface area contributed by atoms with E-state index in [1.165, 1.54) is 11.1 Å². The van der Waals surface area contributed by atoms with E-state index in [2.05, 4.69) is 58.8 Å². The molecule has 6 nitrogen and oxygen atoms in total. The number of pyridine rings is 1. The van der Waals surface area contributed by atoms with Crippen molar-refractivity contribution < 1.29 is 4.79 Å². The standard InChI is InChI=1S/C27H23N5OS/c33-22-13-7-12-21-23(22)24(18-14-16-28-17-15-18)32-26(29-21)30-27(31-32)34-25(19-8-3-1-4-9-19)20-10-5-2-6-11-20/h1-6,8-11,14-17,24-25H,7,12-13H2,(H,29,30,31). The first-order chi connectivity index (χ1) is 16.8. The average molecular weight is 466 g/mol. The zero-order valence-electron chi connectivity index (χ0n) is 18.5. The van der Waals surface area contributed by atoms with Crippen molar-refractivity contribution in [3.05, 3.63) is 113 Å². The number of anilines is 1. The number of thioether (sulfide) groups is 1. The van der Waals surface area contributed by atoms with Gasteiger partial charge in [0.2, 0.25) is 11.1 Å². The Morgan fingerprint density at radius 2 is 1.59 bits per heavy atom. The molecule has 1 N–H and O–H groups in total. The molecule has 2 aromatic heterocycles. The first-order valence-electron chi connectivity index (χ1n) is 11.4. The van der Waals surface area contributed by atoms with Gasteiger partial charge in [0.1, 0.15) is 6.04 Å². The van der Waals surface area contributed by atoms with Crippen LogP contribution in [0.25, 0.3) is 0 Å². The number of hydrogen-bond acceptors (Lipinski definition) is 6. The molecule has 3 heterocycles. The summed E-state index contributed by atoms with van der Waals surface area (Å²) in [7, 11) is 0. The number of aromatic nitrogens is 4. The Morgan fingerprint density at radius 1 is 0.912 bits per heavy atom. The van der Waals surface area contributed by atoms with Crippen LogP contribution >= 0.6 is 11.8 Å². The minimum absolute atomic E-state index is 0.0513. The van der Waals surface area contributed by atoms with Crippen LogP contribution in [-0.2, 0) is 4.79 Å². The number of benzene rings is 2. The average Bonchev–Trinajstić information content (AvgIpc) is 3.30. The topological polar surface area (TPSA) is 72.7 Å². The van der Waals surface area contributed by atoms with Gasteiger partial charge in [-0.05, 0) is 41.7 Å². The molecule has 0 fully saturated rings. The highest BCUT2D eigenvalue weighted by Gasteiger charge is 2.37. The van der Waals surface area contributed by atoms with Crippen molar-refractivity contribution in [3.63, 3.8) is 0 Å². The lowest BCUT2D eigenvalue weighted by atomic mass is 9.86. The third-order valence-corrected chi connectivity index (χ3v) is 7.46. The third kappa shape index (κ3) is 3.82. The summed E-state index contributed by atoms with van der Waals surface area (Å²) in [5, 5.41) is 9.07. The molecule has 1 atom stereocenters. The van der Waals surface area contributed by atoms with Crippen molar-refractivity contribution in [2.75, 3.05) is 5.32 Å². The number of nitrogens with zero attached hydrogens (tertiary/aromatic N) is 4. The Bertz CT molecular complexity index is 1310. The Hall–Kier alpha value is -3.71. The van der Waals surface area contributed by atoms with Gasteiger partial charge in [0.15, 0.2) is 5.78 Å². The predicted molar refractivity (Wildman–Crippen MR) is 132 cm³/mol. The molecule has 34 heavy (non-hydrogen) atoms. The maximum atomic E-state index is 13.0. The lowest BCUT2D eigenvalue weighted by molar-refractivity contribution is -0.116. The summed E-state index contributed by atoms with van der Waals surface area (Å²) in [6.45, 7) is 0. The highest BCUT2D eigenvalue weighted by Crippen LogP contribution is 2.43. The Morgan fingerprint density at radius 3 is 2.26 bits per heavy atom. The molecule has 0 saturated carbocycles. The second kappa shape index (κ2) is 8.91. The lowest BCUT2D eigenvalue weighted by Crippen LogP contribution is -2.31. The summed E-state index contributed by atoms with van der Waals surface area (Å²) >= 11 is 1.62. The molecule has 0 bridgehead atoms. The third-order valence-electron chi connectivity index (χ3n) is 6.30. The lowest BCUT2D eigenvalue weighted by Gasteiger charge is -2.32. The van der Waals surface area contributed by atoms with Gasteiger partial charge in [-0.25, -0.2) is 4.68 Å². The van der Waals surface area contributed by atoms with E-state index < -0.39 is 0 Å². The van der Waals surface area contributed by atoms with Gasteiger partial charge in [0.25, 0.3) is 0 Å². The van der Waals surface area contributed by atoms with Crippen LogP contribution in [0.3, 0.4) is 0 Å². The summed E-state index contributed by atoms with van der Waals surface area (Å²) in [5.74, 6) is 0.856. The fourth-order valence-corrected chi connectivity index (χ4v) is 5.80. The number of ketones is 1. The van der Waals surface area contributed by atoms with Crippen molar-refractivity contribution in [3.8, 4) is 0 Å². The molecule has 4 aromatic rings. The van der Waals surface area contributed by atoms with E-state index in [1.54, 1.807) is 24.2 Å². The Kier molecular flexibility index (Phi) is 5.47. The molecular weight excluding hydrogens is 442 g/mol. The van der Waals surface area contributed by atoms with Gasteiger partial charge in [-0.1, -0.05) is 72.4 Å². The van der Waals surface area contributed by atoms with E-state index in [0.29, 0.717) is 17.5 Å². The van der Waals surface area contributed by atoms with Gasteiger partial charge in [-0.2, -0.15) is 4.98 Å². The van der Waals surface area contributed by atoms with Gasteiger partial charge in [0.05, 0.1) is 5.25 Å². The van der Waals surface area contributed by atoms with Crippen molar-refractivity contribution >= 4 is 23.5 Å². The van der Waals surface area contributed by atoms with Gasteiger partial charge < -0.3 is 5.32 Å². The molecule has 168 valence electrons. The van der Waals surface area contributed by atoms with Crippen LogP contribution in [-0.4, -0.2) is 25.5 Å². The number of carbonyl (C=O) groups excluding carboxylic acids is 1. The number of fused-ring (bicyclic) bond motifs is 1. The molecule has 2 aliphatic rings. The van der Waals surface area contributed by atoms with Crippen LogP contribution in [0, 0.1) is 0 Å². The molecule has 0 amide bonds. The number of rotatable bonds is 5. The second-order valence-electron chi connectivity index (χ2n) is 8.46. The van der Waals surface area contributed by atoms with E-state index in [0.717, 1.165) is 29.7 Å². The summed E-state index contributed by atoms with van der Waals surface area (Å²) in [4.78, 5) is 22.0. The summed E-state index contributed by atoms with van der Waals surface area (Å²) in [5.41, 5.74) is 5.14. The molecule has 1 aliphatic heterocycles. The maximum absolute atomic E-state index is 13.0. The number of Topliss-reactive ketones (excluding diaryl/α,β-unsaturated/α-hetero) is 1. The molecule has 0 radical (unpaired) electrons. The Balaban J connectivity index is 1.42. The van der Waals surface area contributed by atoms with Gasteiger partial charge in [-0.3, -0.25) is 9.78 Å². The van der Waals surface area contributed by atoms with E-state index in [9.17, 15) is 4.79 Å². The van der Waals surface area contributed by atoms with Crippen molar-refractivity contribution in [2.45, 2.75) is 35.7 Å². The first-order valence-corrected chi connectivity index (χ1v) is 12.3. The number of hydrogen-bond donors (Lipinski definition) is 1. The molecule has 1 aliphatic carbocycles. The largest absolute Gasteiger partial charge is 0.328 e.